The second-order valence-corrected chi connectivity index (χ2v) is 19.3. The van der Waals surface area contributed by atoms with Crippen LogP contribution in [-0.2, 0) is 33.8 Å². The predicted octanol–water partition coefficient (Wildman–Crippen LogP) is 4.83. The van der Waals surface area contributed by atoms with Crippen LogP contribution in [0.4, 0.5) is 5.69 Å². The monoisotopic (exact) mass is 564 g/mol. The summed E-state index contributed by atoms with van der Waals surface area (Å²) < 4.78 is 13.7. The number of morpholine rings is 1. The highest BCUT2D eigenvalue weighted by Crippen LogP contribution is 2.60. The Balaban J connectivity index is 1.25. The Labute approximate surface area is 238 Å². The lowest BCUT2D eigenvalue weighted by Gasteiger charge is -2.31. The number of nitrogens with one attached hydrogen (secondary N) is 2. The minimum absolute atomic E-state index is 0.00506. The van der Waals surface area contributed by atoms with Crippen LogP contribution in [-0.4, -0.2) is 77.6 Å². The minimum Gasteiger partial charge on any atom is -0.379 e. The summed E-state index contributed by atoms with van der Waals surface area (Å²) in [7, 11) is -1.15. The molecule has 1 amide bonds. The van der Waals surface area contributed by atoms with E-state index in [2.05, 4.69) is 52.5 Å². The van der Waals surface area contributed by atoms with Crippen molar-refractivity contribution >= 4 is 30.7 Å². The van der Waals surface area contributed by atoms with E-state index in [4.69, 9.17) is 19.6 Å². The van der Waals surface area contributed by atoms with Gasteiger partial charge in [-0.15, -0.1) is 0 Å². The van der Waals surface area contributed by atoms with Crippen molar-refractivity contribution in [3.63, 3.8) is 0 Å². The fourth-order valence-corrected chi connectivity index (χ4v) is 6.98. The normalized spacial score (nSPS) is 23.6. The molecule has 3 aromatic rings. The van der Waals surface area contributed by atoms with Crippen molar-refractivity contribution in [3.05, 3.63) is 29.0 Å². The van der Waals surface area contributed by atoms with Crippen LogP contribution in [0.5, 0.6) is 0 Å². The second kappa shape index (κ2) is 10.4. The largest absolute Gasteiger partial charge is 0.379 e. The highest BCUT2D eigenvalue weighted by atomic mass is 28.3. The fourth-order valence-electron chi connectivity index (χ4n) is 6.22. The van der Waals surface area contributed by atoms with E-state index >= 15 is 0 Å². The van der Waals surface area contributed by atoms with Crippen LogP contribution in [0.15, 0.2) is 12.1 Å². The molecule has 1 saturated carbocycles. The highest BCUT2D eigenvalue weighted by Gasteiger charge is 2.54. The topological polar surface area (TPSA) is 97.3 Å². The van der Waals surface area contributed by atoms with E-state index in [0.717, 1.165) is 78.3 Å². The molecule has 2 fully saturated rings. The number of carbonyl (C=O) groups excluding carboxylic acids is 1. The van der Waals surface area contributed by atoms with E-state index in [1.807, 2.05) is 19.9 Å². The predicted molar refractivity (Wildman–Crippen MR) is 160 cm³/mol. The number of ether oxygens (including phenoxy) is 2. The van der Waals surface area contributed by atoms with Crippen molar-refractivity contribution in [2.24, 2.45) is 11.3 Å². The molecular formula is C30H44N6O3Si. The molecule has 10 heteroatoms. The first-order valence-electron chi connectivity index (χ1n) is 14.8. The zero-order valence-corrected chi connectivity index (χ0v) is 25.9. The summed E-state index contributed by atoms with van der Waals surface area (Å²) in [4.78, 5) is 23.8. The van der Waals surface area contributed by atoms with Crippen molar-refractivity contribution in [3.8, 4) is 11.5 Å². The molecule has 40 heavy (non-hydrogen) atoms. The number of aromatic nitrogens is 4. The van der Waals surface area contributed by atoms with Gasteiger partial charge in [-0.3, -0.25) is 9.69 Å². The SMILES string of the molecule is Cc1cc2[nH]c(-c3nn(COCC[Si](C)(C)C)c4c3C[C@@H]3C[C@]3(C)C4)nc2cc1NC(=O)C(C)N1CCOCC1. The summed E-state index contributed by atoms with van der Waals surface area (Å²) in [5.74, 6) is 1.52. The number of imidazole rings is 1. The number of anilines is 1. The number of aryl methyl sites for hydroxylation is 1. The molecule has 2 N–H and O–H groups in total. The van der Waals surface area contributed by atoms with Crippen molar-refractivity contribution < 1.29 is 14.3 Å². The van der Waals surface area contributed by atoms with E-state index < -0.39 is 8.07 Å². The van der Waals surface area contributed by atoms with Crippen LogP contribution >= 0.6 is 0 Å². The maximum Gasteiger partial charge on any atom is 0.241 e. The maximum atomic E-state index is 13.1. The molecule has 2 aromatic heterocycles. The molecule has 3 atom stereocenters. The van der Waals surface area contributed by atoms with Crippen molar-refractivity contribution in [2.75, 3.05) is 38.2 Å². The molecule has 3 aliphatic rings. The number of hydrogen-bond acceptors (Lipinski definition) is 6. The van der Waals surface area contributed by atoms with Crippen LogP contribution in [0.25, 0.3) is 22.6 Å². The molecule has 1 aromatic carbocycles. The third kappa shape index (κ3) is 5.51. The van der Waals surface area contributed by atoms with Gasteiger partial charge in [0.05, 0.1) is 30.3 Å². The lowest BCUT2D eigenvalue weighted by molar-refractivity contribution is -0.122. The van der Waals surface area contributed by atoms with Gasteiger partial charge in [0.1, 0.15) is 12.4 Å². The fraction of sp³-hybridized carbons (Fsp3) is 0.633. The number of amides is 1. The van der Waals surface area contributed by atoms with Crippen LogP contribution in [0.2, 0.25) is 25.7 Å². The Kier molecular flexibility index (Phi) is 7.17. The Morgan fingerprint density at radius 3 is 2.83 bits per heavy atom. The molecule has 216 valence electrons. The first-order valence-corrected chi connectivity index (χ1v) is 18.5. The van der Waals surface area contributed by atoms with E-state index in [1.165, 1.54) is 17.7 Å². The van der Waals surface area contributed by atoms with Gasteiger partial charge in [0.25, 0.3) is 0 Å². The summed E-state index contributed by atoms with van der Waals surface area (Å²) in [6, 6.07) is 4.98. The van der Waals surface area contributed by atoms with E-state index in [1.54, 1.807) is 0 Å². The Morgan fingerprint density at radius 2 is 2.08 bits per heavy atom. The first kappa shape index (κ1) is 27.6. The maximum absolute atomic E-state index is 13.1. The number of fused-ring (bicyclic) bond motifs is 3. The number of nitrogens with zero attached hydrogens (tertiary/aromatic N) is 4. The molecule has 1 unspecified atom stereocenters. The summed E-state index contributed by atoms with van der Waals surface area (Å²) >= 11 is 0. The molecular weight excluding hydrogens is 520 g/mol. The number of benzene rings is 1. The molecule has 0 bridgehead atoms. The van der Waals surface area contributed by atoms with E-state index in [0.29, 0.717) is 25.4 Å². The third-order valence-electron chi connectivity index (χ3n) is 9.22. The van der Waals surface area contributed by atoms with Gasteiger partial charge in [-0.25, -0.2) is 9.67 Å². The number of hydrogen-bond donors (Lipinski definition) is 2. The Morgan fingerprint density at radius 1 is 1.30 bits per heavy atom. The summed E-state index contributed by atoms with van der Waals surface area (Å²) in [5.41, 5.74) is 7.55. The van der Waals surface area contributed by atoms with Crippen LogP contribution < -0.4 is 5.32 Å². The zero-order valence-electron chi connectivity index (χ0n) is 24.9. The second-order valence-electron chi connectivity index (χ2n) is 13.6. The molecule has 1 saturated heterocycles. The average molecular weight is 565 g/mol. The molecule has 2 aliphatic carbocycles. The highest BCUT2D eigenvalue weighted by molar-refractivity contribution is 6.76. The zero-order chi connectivity index (χ0) is 28.2. The summed E-state index contributed by atoms with van der Waals surface area (Å²) in [6.45, 7) is 17.7. The van der Waals surface area contributed by atoms with Crippen molar-refractivity contribution in [2.45, 2.75) is 78.5 Å². The molecule has 9 nitrogen and oxygen atoms in total. The van der Waals surface area contributed by atoms with Gasteiger partial charge in [0, 0.05) is 44.7 Å². The lowest BCUT2D eigenvalue weighted by Crippen LogP contribution is -2.47. The quantitative estimate of drug-likeness (QED) is 0.285. The molecule has 1 aliphatic heterocycles. The van der Waals surface area contributed by atoms with Crippen molar-refractivity contribution in [1.29, 1.82) is 0 Å². The molecule has 0 radical (unpaired) electrons. The van der Waals surface area contributed by atoms with E-state index in [9.17, 15) is 4.79 Å². The summed E-state index contributed by atoms with van der Waals surface area (Å²) in [5, 5.41) is 8.22. The Hall–Kier alpha value is -2.53. The molecule has 0 spiro atoms. The van der Waals surface area contributed by atoms with Gasteiger partial charge in [-0.2, -0.15) is 5.10 Å². The van der Waals surface area contributed by atoms with Gasteiger partial charge < -0.3 is 19.8 Å². The average Bonchev–Trinajstić information content (AvgIpc) is 3.22. The standard InChI is InChI=1S/C30H44N6O3Si/c1-19-13-24-25(15-23(19)33-29(37)20(2)35-7-9-38-10-8-35)32-28(31-24)27-22-14-21-16-30(21,3)17-26(22)36(34-27)18-39-11-12-40(4,5)6/h13,15,20-21H,7-12,14,16-18H2,1-6H3,(H,31,32)(H,33,37)/t20?,21-,30-/m1/s1. The van der Waals surface area contributed by atoms with E-state index in [-0.39, 0.29) is 11.9 Å². The van der Waals surface area contributed by atoms with Crippen LogP contribution in [0, 0.1) is 18.3 Å². The van der Waals surface area contributed by atoms with Gasteiger partial charge in [-0.05, 0) is 68.2 Å². The third-order valence-corrected chi connectivity index (χ3v) is 10.9. The van der Waals surface area contributed by atoms with Gasteiger partial charge in [0.15, 0.2) is 5.82 Å². The Bertz CT molecular complexity index is 1420. The van der Waals surface area contributed by atoms with Gasteiger partial charge in [0.2, 0.25) is 5.91 Å². The van der Waals surface area contributed by atoms with Crippen LogP contribution in [0.3, 0.4) is 0 Å². The smallest absolute Gasteiger partial charge is 0.241 e. The number of H-pyrrole nitrogens is 1. The molecule has 3 heterocycles. The molecule has 6 rings (SSSR count). The number of aromatic amines is 1. The first-order chi connectivity index (χ1) is 19.0. The van der Waals surface area contributed by atoms with Gasteiger partial charge >= 0.3 is 0 Å². The summed E-state index contributed by atoms with van der Waals surface area (Å²) in [6.07, 6.45) is 3.38. The van der Waals surface area contributed by atoms with Crippen LogP contribution in [0.1, 0.15) is 37.1 Å². The number of carbonyl (C=O) groups is 1. The van der Waals surface area contributed by atoms with Gasteiger partial charge in [-0.1, -0.05) is 26.6 Å². The number of rotatable bonds is 9. The lowest BCUT2D eigenvalue weighted by atomic mass is 9.87. The minimum atomic E-state index is -1.15. The van der Waals surface area contributed by atoms with Crippen molar-refractivity contribution in [1.82, 2.24) is 24.6 Å².